The van der Waals surface area contributed by atoms with Gasteiger partial charge in [-0.2, -0.15) is 0 Å². The zero-order valence-electron chi connectivity index (χ0n) is 20.0. The first kappa shape index (κ1) is 27.7. The fourth-order valence-corrected chi connectivity index (χ4v) is 3.73. The van der Waals surface area contributed by atoms with E-state index < -0.39 is 30.0 Å². The van der Waals surface area contributed by atoms with Crippen LogP contribution in [-0.4, -0.2) is 57.6 Å². The third-order valence-corrected chi connectivity index (χ3v) is 5.99. The Bertz CT molecular complexity index is 1020. The Labute approximate surface area is 208 Å². The van der Waals surface area contributed by atoms with Crippen molar-refractivity contribution < 1.29 is 19.5 Å². The van der Waals surface area contributed by atoms with Crippen molar-refractivity contribution in [2.24, 2.45) is 11.7 Å². The van der Waals surface area contributed by atoms with Gasteiger partial charge >= 0.3 is 0 Å². The van der Waals surface area contributed by atoms with Gasteiger partial charge in [0.2, 0.25) is 11.8 Å². The number of fused-ring (bicyclic) bond motifs is 1. The van der Waals surface area contributed by atoms with Crippen molar-refractivity contribution in [3.8, 4) is 0 Å². The molecule has 1 aliphatic rings. The van der Waals surface area contributed by atoms with Gasteiger partial charge in [0.15, 0.2) is 0 Å². The Morgan fingerprint density at radius 2 is 1.94 bits per heavy atom. The van der Waals surface area contributed by atoms with Crippen LogP contribution in [0.25, 0.3) is 10.9 Å². The summed E-state index contributed by atoms with van der Waals surface area (Å²) in [4.78, 5) is 39.6. The molecule has 1 fully saturated rings. The number of hydrogen-bond acceptors (Lipinski definition) is 6. The number of primary amides is 1. The van der Waals surface area contributed by atoms with Crippen LogP contribution in [0.4, 0.5) is 0 Å². The molecular formula is C24H34BrN5O4. The lowest BCUT2D eigenvalue weighted by atomic mass is 10.1. The largest absolute Gasteiger partial charge is 0.383 e. The molecule has 1 aromatic carbocycles. The molecule has 34 heavy (non-hydrogen) atoms. The van der Waals surface area contributed by atoms with Crippen molar-refractivity contribution in [3.05, 3.63) is 40.5 Å². The number of pyridine rings is 1. The molecule has 0 radical (unpaired) electrons. The Kier molecular flexibility index (Phi) is 10.4. The predicted molar refractivity (Wildman–Crippen MR) is 134 cm³/mol. The summed E-state index contributed by atoms with van der Waals surface area (Å²) >= 11 is 3.44. The number of halogens is 1. The van der Waals surface area contributed by atoms with Crippen LogP contribution in [0.1, 0.15) is 46.2 Å². The molecule has 0 aliphatic carbocycles. The standard InChI is InChI=1S/C13H24N4O4.C11H10BrN/c1-7(2)10(18)12(20)15-8(3)13(21)17-6-4-5-9(16-17)11(14)19;1-2-10-6-4-8-3-5-9(12)7-11(8)13-10/h7-10,16,18H,4-6H2,1-3H3,(H2,14,19)(H,15,20);3-7H,2H2,1H3. The summed E-state index contributed by atoms with van der Waals surface area (Å²) in [6, 6.07) is 8.98. The molecule has 1 saturated heterocycles. The molecular weight excluding hydrogens is 502 g/mol. The van der Waals surface area contributed by atoms with Crippen LogP contribution < -0.4 is 16.5 Å². The minimum atomic E-state index is -1.16. The van der Waals surface area contributed by atoms with Crippen LogP contribution in [-0.2, 0) is 20.8 Å². The van der Waals surface area contributed by atoms with Gasteiger partial charge in [-0.25, -0.2) is 5.43 Å². The number of nitrogens with zero attached hydrogens (tertiary/aromatic N) is 2. The molecule has 5 N–H and O–H groups in total. The second-order valence-corrected chi connectivity index (χ2v) is 9.54. The number of amides is 3. The highest BCUT2D eigenvalue weighted by Gasteiger charge is 2.30. The minimum Gasteiger partial charge on any atom is -0.383 e. The SMILES string of the molecule is CC(NC(=O)C(O)C(C)C)C(=O)N1CCCC(C(N)=O)N1.CCc1ccc2ccc(Br)cc2n1. The van der Waals surface area contributed by atoms with Crippen LogP contribution in [0, 0.1) is 5.92 Å². The molecule has 1 aromatic heterocycles. The number of benzene rings is 1. The van der Waals surface area contributed by atoms with Crippen LogP contribution in [0.5, 0.6) is 0 Å². The summed E-state index contributed by atoms with van der Waals surface area (Å²) in [5, 5.41) is 14.6. The topological polar surface area (TPSA) is 138 Å². The van der Waals surface area contributed by atoms with Crippen molar-refractivity contribution in [3.63, 3.8) is 0 Å². The number of aryl methyl sites for hydroxylation is 1. The van der Waals surface area contributed by atoms with Crippen molar-refractivity contribution in [1.29, 1.82) is 0 Å². The molecule has 186 valence electrons. The van der Waals surface area contributed by atoms with Crippen molar-refractivity contribution in [1.82, 2.24) is 20.7 Å². The smallest absolute Gasteiger partial charge is 0.258 e. The fraction of sp³-hybridized carbons (Fsp3) is 0.500. The number of hydrogen-bond donors (Lipinski definition) is 4. The van der Waals surface area contributed by atoms with Crippen LogP contribution in [0.3, 0.4) is 0 Å². The number of aliphatic hydroxyl groups excluding tert-OH is 1. The number of carbonyl (C=O) groups excluding carboxylic acids is 3. The van der Waals surface area contributed by atoms with Crippen LogP contribution >= 0.6 is 15.9 Å². The molecule has 0 bridgehead atoms. The molecule has 9 nitrogen and oxygen atoms in total. The number of nitrogens with one attached hydrogen (secondary N) is 2. The van der Waals surface area contributed by atoms with E-state index in [1.54, 1.807) is 13.8 Å². The Hall–Kier alpha value is -2.56. The normalized spacial score (nSPS) is 17.5. The quantitative estimate of drug-likeness (QED) is 0.446. The molecule has 2 heterocycles. The van der Waals surface area contributed by atoms with Gasteiger partial charge in [-0.3, -0.25) is 24.4 Å². The molecule has 3 rings (SSSR count). The van der Waals surface area contributed by atoms with E-state index in [2.05, 4.69) is 62.8 Å². The predicted octanol–water partition coefficient (Wildman–Crippen LogP) is 2.05. The third-order valence-electron chi connectivity index (χ3n) is 5.50. The van der Waals surface area contributed by atoms with E-state index in [0.29, 0.717) is 19.4 Å². The molecule has 3 unspecified atom stereocenters. The second kappa shape index (κ2) is 12.8. The first-order chi connectivity index (χ1) is 16.0. The summed E-state index contributed by atoms with van der Waals surface area (Å²) in [6.07, 6.45) is 1.06. The number of aromatic nitrogens is 1. The van der Waals surface area contributed by atoms with E-state index in [4.69, 9.17) is 5.73 Å². The van der Waals surface area contributed by atoms with Gasteiger partial charge in [0.05, 0.1) is 5.52 Å². The lowest BCUT2D eigenvalue weighted by molar-refractivity contribution is -0.144. The zero-order chi connectivity index (χ0) is 25.4. The van der Waals surface area contributed by atoms with Gasteiger partial charge in [-0.15, -0.1) is 0 Å². The number of carbonyl (C=O) groups is 3. The van der Waals surface area contributed by atoms with Gasteiger partial charge in [0.25, 0.3) is 5.91 Å². The lowest BCUT2D eigenvalue weighted by Gasteiger charge is -2.34. The first-order valence-corrected chi connectivity index (χ1v) is 12.2. The van der Waals surface area contributed by atoms with Crippen molar-refractivity contribution in [2.45, 2.75) is 65.1 Å². The van der Waals surface area contributed by atoms with E-state index in [1.165, 1.54) is 17.3 Å². The Morgan fingerprint density at radius 1 is 1.26 bits per heavy atom. The molecule has 3 atom stereocenters. The summed E-state index contributed by atoms with van der Waals surface area (Å²) in [6.45, 7) is 7.51. The monoisotopic (exact) mass is 535 g/mol. The molecule has 0 spiro atoms. The molecule has 1 aliphatic heterocycles. The van der Waals surface area contributed by atoms with E-state index in [-0.39, 0.29) is 11.8 Å². The van der Waals surface area contributed by atoms with E-state index >= 15 is 0 Å². The Balaban J connectivity index is 0.000000266. The van der Waals surface area contributed by atoms with E-state index in [0.717, 1.165) is 22.1 Å². The highest BCUT2D eigenvalue weighted by Crippen LogP contribution is 2.18. The number of hydrazine groups is 1. The third kappa shape index (κ3) is 7.75. The molecule has 3 amide bonds. The molecule has 10 heteroatoms. The average molecular weight is 536 g/mol. The number of aliphatic hydroxyl groups is 1. The maximum absolute atomic E-state index is 12.2. The van der Waals surface area contributed by atoms with E-state index in [9.17, 15) is 19.5 Å². The Morgan fingerprint density at radius 3 is 2.56 bits per heavy atom. The lowest BCUT2D eigenvalue weighted by Crippen LogP contribution is -2.60. The summed E-state index contributed by atoms with van der Waals surface area (Å²) in [5.74, 6) is -1.71. The number of nitrogens with two attached hydrogens (primary N) is 1. The van der Waals surface area contributed by atoms with Gasteiger partial charge in [-0.05, 0) is 50.3 Å². The van der Waals surface area contributed by atoms with Gasteiger partial charge in [0, 0.05) is 22.1 Å². The van der Waals surface area contributed by atoms with Gasteiger partial charge < -0.3 is 16.2 Å². The average Bonchev–Trinajstić information content (AvgIpc) is 2.82. The van der Waals surface area contributed by atoms with Gasteiger partial charge in [0.1, 0.15) is 18.2 Å². The van der Waals surface area contributed by atoms with E-state index in [1.807, 2.05) is 6.07 Å². The molecule has 2 aromatic rings. The maximum Gasteiger partial charge on any atom is 0.258 e. The number of rotatable bonds is 6. The summed E-state index contributed by atoms with van der Waals surface area (Å²) < 4.78 is 1.08. The van der Waals surface area contributed by atoms with Crippen molar-refractivity contribution >= 4 is 44.6 Å². The highest BCUT2D eigenvalue weighted by molar-refractivity contribution is 9.10. The molecule has 0 saturated carbocycles. The van der Waals surface area contributed by atoms with Crippen LogP contribution in [0.15, 0.2) is 34.8 Å². The minimum absolute atomic E-state index is 0.236. The van der Waals surface area contributed by atoms with Gasteiger partial charge in [-0.1, -0.05) is 48.8 Å². The first-order valence-electron chi connectivity index (χ1n) is 11.4. The zero-order valence-corrected chi connectivity index (χ0v) is 21.6. The second-order valence-electron chi connectivity index (χ2n) is 8.63. The highest BCUT2D eigenvalue weighted by atomic mass is 79.9. The maximum atomic E-state index is 12.2. The van der Waals surface area contributed by atoms with Crippen molar-refractivity contribution in [2.75, 3.05) is 6.54 Å². The summed E-state index contributed by atoms with van der Waals surface area (Å²) in [5.41, 5.74) is 10.2. The van der Waals surface area contributed by atoms with Crippen LogP contribution in [0.2, 0.25) is 0 Å². The fourth-order valence-electron chi connectivity index (χ4n) is 3.38. The summed E-state index contributed by atoms with van der Waals surface area (Å²) in [7, 11) is 0.